The Bertz CT molecular complexity index is 823. The smallest absolute Gasteiger partial charge is 0.341 e. The van der Waals surface area contributed by atoms with Gasteiger partial charge >= 0.3 is 5.76 Å². The largest absolute Gasteiger partial charge is 0.385 e. The number of hydrogen-bond acceptors (Lipinski definition) is 4. The molecule has 0 spiro atoms. The van der Waals surface area contributed by atoms with Crippen molar-refractivity contribution >= 4 is 26.9 Å². The fourth-order valence-corrected chi connectivity index (χ4v) is 3.51. The third-order valence-corrected chi connectivity index (χ3v) is 5.19. The Hall–Kier alpha value is -2.15. The fraction of sp³-hybridized carbons (Fsp3) is 0.250. The number of alkyl halides is 2. The first-order valence-electron chi connectivity index (χ1n) is 7.23. The van der Waals surface area contributed by atoms with Gasteiger partial charge < -0.3 is 10.6 Å². The third-order valence-electron chi connectivity index (χ3n) is 3.75. The van der Waals surface area contributed by atoms with Crippen LogP contribution < -0.4 is 10.6 Å². The lowest BCUT2D eigenvalue weighted by molar-refractivity contribution is 0.235. The van der Waals surface area contributed by atoms with Crippen molar-refractivity contribution in [2.24, 2.45) is 0 Å². The van der Waals surface area contributed by atoms with Gasteiger partial charge in [-0.1, -0.05) is 12.1 Å². The molecule has 1 aliphatic rings. The Morgan fingerprint density at radius 3 is 2.70 bits per heavy atom. The predicted molar refractivity (Wildman–Crippen MR) is 86.2 cm³/mol. The first-order valence-corrected chi connectivity index (χ1v) is 8.78. The molecule has 0 radical (unpaired) electrons. The Morgan fingerprint density at radius 1 is 1.13 bits per heavy atom. The molecule has 4 nitrogen and oxygen atoms in total. The average Bonchev–Trinajstić information content (AvgIpc) is 2.55. The number of anilines is 3. The summed E-state index contributed by atoms with van der Waals surface area (Å²) in [6, 6.07) is 11.3. The minimum absolute atomic E-state index is 0.150. The highest BCUT2D eigenvalue weighted by molar-refractivity contribution is 7.91. The van der Waals surface area contributed by atoms with Gasteiger partial charge in [-0.3, -0.25) is 0 Å². The van der Waals surface area contributed by atoms with Gasteiger partial charge in [-0.15, -0.1) is 0 Å². The van der Waals surface area contributed by atoms with Gasteiger partial charge in [-0.2, -0.15) is 8.78 Å². The van der Waals surface area contributed by atoms with Crippen LogP contribution in [0.15, 0.2) is 47.4 Å². The number of rotatable bonds is 4. The van der Waals surface area contributed by atoms with Gasteiger partial charge in [0.25, 0.3) is 0 Å². The van der Waals surface area contributed by atoms with Crippen LogP contribution >= 0.6 is 0 Å². The highest BCUT2D eigenvalue weighted by atomic mass is 32.2. The summed E-state index contributed by atoms with van der Waals surface area (Å²) in [5, 5.41) is 6.22. The van der Waals surface area contributed by atoms with E-state index in [1.165, 1.54) is 18.2 Å². The van der Waals surface area contributed by atoms with Crippen molar-refractivity contribution in [2.45, 2.75) is 23.5 Å². The van der Waals surface area contributed by atoms with E-state index in [0.717, 1.165) is 30.6 Å². The molecule has 2 aromatic rings. The van der Waals surface area contributed by atoms with Crippen LogP contribution in [0.2, 0.25) is 0 Å². The maximum absolute atomic E-state index is 12.8. The lowest BCUT2D eigenvalue weighted by Crippen LogP contribution is -2.14. The van der Waals surface area contributed by atoms with Crippen molar-refractivity contribution in [2.75, 3.05) is 17.2 Å². The van der Waals surface area contributed by atoms with E-state index in [4.69, 9.17) is 0 Å². The van der Waals surface area contributed by atoms with E-state index in [9.17, 15) is 17.2 Å². The molecule has 23 heavy (non-hydrogen) atoms. The molecule has 0 fully saturated rings. The van der Waals surface area contributed by atoms with Crippen LogP contribution in [0.1, 0.15) is 12.0 Å². The van der Waals surface area contributed by atoms with Crippen LogP contribution in [-0.2, 0) is 16.3 Å². The summed E-state index contributed by atoms with van der Waals surface area (Å²) < 4.78 is 49.2. The van der Waals surface area contributed by atoms with Gasteiger partial charge in [-0.25, -0.2) is 8.42 Å². The summed E-state index contributed by atoms with van der Waals surface area (Å²) in [7, 11) is -4.65. The Morgan fingerprint density at radius 2 is 1.91 bits per heavy atom. The fourth-order valence-electron chi connectivity index (χ4n) is 2.62. The number of nitrogens with one attached hydrogen (secondary N) is 2. The summed E-state index contributed by atoms with van der Waals surface area (Å²) in [6.07, 6.45) is 1.95. The number of benzene rings is 2. The number of para-hydroxylation sites is 1. The summed E-state index contributed by atoms with van der Waals surface area (Å²) in [5.41, 5.74) is 2.99. The van der Waals surface area contributed by atoms with Gasteiger partial charge in [0.2, 0.25) is 9.84 Å². The highest BCUT2D eigenvalue weighted by Crippen LogP contribution is 2.31. The molecule has 0 unspecified atom stereocenters. The zero-order valence-corrected chi connectivity index (χ0v) is 13.0. The van der Waals surface area contributed by atoms with Gasteiger partial charge in [0.15, 0.2) is 0 Å². The van der Waals surface area contributed by atoms with E-state index in [-0.39, 0.29) is 5.69 Å². The number of aryl methyl sites for hydroxylation is 1. The topological polar surface area (TPSA) is 58.2 Å². The Kier molecular flexibility index (Phi) is 4.21. The molecule has 3 rings (SSSR count). The summed E-state index contributed by atoms with van der Waals surface area (Å²) in [5.74, 6) is -3.45. The normalized spacial score (nSPS) is 14.2. The maximum Gasteiger partial charge on any atom is 0.341 e. The molecule has 1 heterocycles. The number of sulfone groups is 1. The van der Waals surface area contributed by atoms with Crippen molar-refractivity contribution in [3.8, 4) is 0 Å². The van der Waals surface area contributed by atoms with Gasteiger partial charge in [0.1, 0.15) is 0 Å². The van der Waals surface area contributed by atoms with E-state index >= 15 is 0 Å². The monoisotopic (exact) mass is 338 g/mol. The van der Waals surface area contributed by atoms with Gasteiger partial charge in [0.05, 0.1) is 10.6 Å². The van der Waals surface area contributed by atoms with Crippen molar-refractivity contribution < 1.29 is 17.2 Å². The summed E-state index contributed by atoms with van der Waals surface area (Å²) in [4.78, 5) is -0.397. The lowest BCUT2D eigenvalue weighted by atomic mass is 10.0. The molecule has 2 N–H and O–H groups in total. The highest BCUT2D eigenvalue weighted by Gasteiger charge is 2.29. The van der Waals surface area contributed by atoms with Crippen LogP contribution in [0.4, 0.5) is 25.8 Å². The Labute approximate surface area is 133 Å². The first-order chi connectivity index (χ1) is 11.0. The number of halogens is 2. The quantitative estimate of drug-likeness (QED) is 0.891. The summed E-state index contributed by atoms with van der Waals surface area (Å²) >= 11 is 0. The van der Waals surface area contributed by atoms with Crippen LogP contribution in [0.3, 0.4) is 0 Å². The van der Waals surface area contributed by atoms with Crippen molar-refractivity contribution in [1.82, 2.24) is 0 Å². The van der Waals surface area contributed by atoms with E-state index in [1.54, 1.807) is 12.1 Å². The molecule has 2 aromatic carbocycles. The molecular formula is C16H16F2N2O2S. The van der Waals surface area contributed by atoms with Crippen LogP contribution in [0.25, 0.3) is 0 Å². The van der Waals surface area contributed by atoms with Crippen LogP contribution in [0, 0.1) is 0 Å². The standard InChI is InChI=1S/C16H16F2N2O2S/c17-16(18)23(21,22)15-6-2-1-5-14(15)20-12-7-8-13-11(10-12)4-3-9-19-13/h1-2,5-8,10,16,19-20H,3-4,9H2. The molecular weight excluding hydrogens is 322 g/mol. The maximum atomic E-state index is 12.8. The zero-order valence-electron chi connectivity index (χ0n) is 12.2. The minimum Gasteiger partial charge on any atom is -0.385 e. The molecule has 0 saturated carbocycles. The molecule has 122 valence electrons. The summed E-state index contributed by atoms with van der Waals surface area (Å²) in [6.45, 7) is 0.926. The molecule has 0 atom stereocenters. The third kappa shape index (κ3) is 3.14. The molecule has 7 heteroatoms. The van der Waals surface area contributed by atoms with Crippen molar-refractivity contribution in [3.63, 3.8) is 0 Å². The predicted octanol–water partition coefficient (Wildman–Crippen LogP) is 3.78. The van der Waals surface area contributed by atoms with Gasteiger partial charge in [0, 0.05) is 17.9 Å². The molecule has 0 aliphatic carbocycles. The van der Waals surface area contributed by atoms with Crippen LogP contribution in [-0.4, -0.2) is 20.7 Å². The first kappa shape index (κ1) is 15.7. The van der Waals surface area contributed by atoms with Gasteiger partial charge in [-0.05, 0) is 48.7 Å². The SMILES string of the molecule is O=S(=O)(c1ccccc1Nc1ccc2c(c1)CCCN2)C(F)F. The number of hydrogen-bond donors (Lipinski definition) is 2. The molecule has 0 saturated heterocycles. The van der Waals surface area contributed by atoms with E-state index in [0.29, 0.717) is 5.69 Å². The Balaban J connectivity index is 1.95. The van der Waals surface area contributed by atoms with E-state index in [2.05, 4.69) is 10.6 Å². The van der Waals surface area contributed by atoms with Crippen molar-refractivity contribution in [1.29, 1.82) is 0 Å². The minimum atomic E-state index is -4.65. The second kappa shape index (κ2) is 6.16. The molecule has 0 aromatic heterocycles. The zero-order chi connectivity index (χ0) is 16.4. The molecule has 0 bridgehead atoms. The van der Waals surface area contributed by atoms with E-state index < -0.39 is 20.5 Å². The van der Waals surface area contributed by atoms with Crippen molar-refractivity contribution in [3.05, 3.63) is 48.0 Å². The second-order valence-electron chi connectivity index (χ2n) is 5.33. The average molecular weight is 338 g/mol. The molecule has 0 amide bonds. The second-order valence-corrected chi connectivity index (χ2v) is 7.22. The number of fused-ring (bicyclic) bond motifs is 1. The lowest BCUT2D eigenvalue weighted by Gasteiger charge is -2.19. The molecule has 1 aliphatic heterocycles. The van der Waals surface area contributed by atoms with Crippen LogP contribution in [0.5, 0.6) is 0 Å². The van der Waals surface area contributed by atoms with E-state index in [1.807, 2.05) is 12.1 Å².